The van der Waals surface area contributed by atoms with E-state index in [9.17, 15) is 8.78 Å². The maximum absolute atomic E-state index is 13.0. The molecule has 0 saturated carbocycles. The van der Waals surface area contributed by atoms with E-state index in [2.05, 4.69) is 0 Å². The molecule has 1 rings (SSSR count). The molecule has 0 heterocycles. The van der Waals surface area contributed by atoms with Crippen molar-refractivity contribution in [3.8, 4) is 0 Å². The first-order chi connectivity index (χ1) is 6.04. The lowest BCUT2D eigenvalue weighted by Gasteiger charge is -2.16. The molecule has 0 unspecified atom stereocenters. The summed E-state index contributed by atoms with van der Waals surface area (Å²) in [6.07, 6.45) is -0.980. The molecule has 0 aliphatic carbocycles. The van der Waals surface area contributed by atoms with Gasteiger partial charge >= 0.3 is 0 Å². The van der Waals surface area contributed by atoms with Gasteiger partial charge in [0.05, 0.1) is 12.1 Å². The smallest absolute Gasteiger partial charge is 0.131 e. The van der Waals surface area contributed by atoms with Crippen molar-refractivity contribution in [2.45, 2.75) is 19.1 Å². The fraction of sp³-hybridized carbons (Fsp3) is 0.333. The number of hydrogen-bond donors (Lipinski definition) is 2. The largest absolute Gasteiger partial charge is 0.391 e. The molecule has 0 spiro atoms. The Bertz CT molecular complexity index is 281. The van der Waals surface area contributed by atoms with Crippen LogP contribution >= 0.6 is 0 Å². The van der Waals surface area contributed by atoms with Crippen LogP contribution in [0.1, 0.15) is 18.5 Å². The topological polar surface area (TPSA) is 46.2 Å². The first-order valence-electron chi connectivity index (χ1n) is 3.91. The minimum Gasteiger partial charge on any atom is -0.391 e. The average Bonchev–Trinajstić information content (AvgIpc) is 2.03. The summed E-state index contributed by atoms with van der Waals surface area (Å²) in [5, 5.41) is 9.06. The van der Waals surface area contributed by atoms with Crippen molar-refractivity contribution in [2.75, 3.05) is 0 Å². The van der Waals surface area contributed by atoms with E-state index >= 15 is 0 Å². The van der Waals surface area contributed by atoms with Crippen molar-refractivity contribution in [3.05, 3.63) is 35.4 Å². The lowest BCUT2D eigenvalue weighted by atomic mass is 10.0. The maximum Gasteiger partial charge on any atom is 0.131 e. The Morgan fingerprint density at radius 1 is 1.31 bits per heavy atom. The third-order valence-electron chi connectivity index (χ3n) is 1.85. The number of nitrogens with two attached hydrogens (primary N) is 1. The highest BCUT2D eigenvalue weighted by atomic mass is 19.1. The van der Waals surface area contributed by atoms with Crippen molar-refractivity contribution in [3.63, 3.8) is 0 Å². The van der Waals surface area contributed by atoms with Gasteiger partial charge in [-0.2, -0.15) is 0 Å². The summed E-state index contributed by atoms with van der Waals surface area (Å²) >= 11 is 0. The molecule has 0 bridgehead atoms. The highest BCUT2D eigenvalue weighted by molar-refractivity contribution is 5.23. The Morgan fingerprint density at radius 3 is 2.15 bits per heavy atom. The Morgan fingerprint density at radius 2 is 1.77 bits per heavy atom. The van der Waals surface area contributed by atoms with E-state index in [0.29, 0.717) is 0 Å². The third-order valence-corrected chi connectivity index (χ3v) is 1.85. The second-order valence-corrected chi connectivity index (χ2v) is 2.90. The molecule has 0 aliphatic heterocycles. The zero-order valence-corrected chi connectivity index (χ0v) is 7.17. The molecule has 1 aromatic carbocycles. The number of aliphatic hydroxyl groups excluding tert-OH is 1. The minimum absolute atomic E-state index is 0.266. The van der Waals surface area contributed by atoms with Gasteiger partial charge in [0.15, 0.2) is 0 Å². The first-order valence-corrected chi connectivity index (χ1v) is 3.91. The van der Waals surface area contributed by atoms with E-state index in [1.807, 2.05) is 0 Å². The van der Waals surface area contributed by atoms with Crippen LogP contribution in [0.15, 0.2) is 18.2 Å². The van der Waals surface area contributed by atoms with Crippen LogP contribution in [0.2, 0.25) is 0 Å². The van der Waals surface area contributed by atoms with Gasteiger partial charge in [-0.05, 0) is 19.1 Å². The number of rotatable bonds is 2. The second kappa shape index (κ2) is 3.81. The van der Waals surface area contributed by atoms with Gasteiger partial charge in [0.2, 0.25) is 0 Å². The van der Waals surface area contributed by atoms with Crippen LogP contribution in [0.25, 0.3) is 0 Å². The SMILES string of the molecule is C[C@H](O)[C@@H](N)c1c(F)cccc1F. The van der Waals surface area contributed by atoms with Gasteiger partial charge in [0.25, 0.3) is 0 Å². The number of hydrogen-bond acceptors (Lipinski definition) is 2. The molecular weight excluding hydrogens is 176 g/mol. The van der Waals surface area contributed by atoms with Crippen LogP contribution in [0, 0.1) is 11.6 Å². The van der Waals surface area contributed by atoms with E-state index in [-0.39, 0.29) is 5.56 Å². The molecule has 2 atom stereocenters. The Labute approximate surface area is 75.0 Å². The van der Waals surface area contributed by atoms with E-state index in [4.69, 9.17) is 10.8 Å². The summed E-state index contributed by atoms with van der Waals surface area (Å²) in [6.45, 7) is 1.39. The lowest BCUT2D eigenvalue weighted by Crippen LogP contribution is -2.25. The second-order valence-electron chi connectivity index (χ2n) is 2.90. The first kappa shape index (κ1) is 10.1. The molecule has 2 nitrogen and oxygen atoms in total. The number of halogens is 2. The van der Waals surface area contributed by atoms with Gasteiger partial charge in [-0.1, -0.05) is 6.07 Å². The number of benzene rings is 1. The summed E-state index contributed by atoms with van der Waals surface area (Å²) in [5.41, 5.74) is 5.14. The van der Waals surface area contributed by atoms with Gasteiger partial charge in [-0.15, -0.1) is 0 Å². The van der Waals surface area contributed by atoms with Crippen LogP contribution < -0.4 is 5.73 Å². The monoisotopic (exact) mass is 187 g/mol. The van der Waals surface area contributed by atoms with Crippen LogP contribution in [-0.4, -0.2) is 11.2 Å². The molecule has 0 aliphatic rings. The van der Waals surface area contributed by atoms with Crippen LogP contribution in [0.3, 0.4) is 0 Å². The highest BCUT2D eigenvalue weighted by Crippen LogP contribution is 2.20. The van der Waals surface area contributed by atoms with Crippen molar-refractivity contribution >= 4 is 0 Å². The van der Waals surface area contributed by atoms with E-state index in [0.717, 1.165) is 12.1 Å². The van der Waals surface area contributed by atoms with Gasteiger partial charge in [0, 0.05) is 5.56 Å². The van der Waals surface area contributed by atoms with Gasteiger partial charge in [0.1, 0.15) is 11.6 Å². The lowest BCUT2D eigenvalue weighted by molar-refractivity contribution is 0.160. The molecule has 13 heavy (non-hydrogen) atoms. The molecule has 0 amide bonds. The molecule has 72 valence electrons. The van der Waals surface area contributed by atoms with Crippen molar-refractivity contribution in [2.24, 2.45) is 5.73 Å². The molecule has 0 saturated heterocycles. The van der Waals surface area contributed by atoms with Crippen LogP contribution in [0.4, 0.5) is 8.78 Å². The molecular formula is C9H11F2NO. The van der Waals surface area contributed by atoms with E-state index in [1.165, 1.54) is 13.0 Å². The van der Waals surface area contributed by atoms with Crippen molar-refractivity contribution < 1.29 is 13.9 Å². The normalized spacial score (nSPS) is 15.5. The quantitative estimate of drug-likeness (QED) is 0.734. The summed E-state index contributed by atoms with van der Waals surface area (Å²) in [7, 11) is 0. The van der Waals surface area contributed by atoms with Crippen LogP contribution in [-0.2, 0) is 0 Å². The molecule has 0 aromatic heterocycles. The fourth-order valence-corrected chi connectivity index (χ4v) is 1.07. The average molecular weight is 187 g/mol. The Hall–Kier alpha value is -1.00. The summed E-state index contributed by atoms with van der Waals surface area (Å²) in [5.74, 6) is -1.46. The molecule has 0 radical (unpaired) electrons. The van der Waals surface area contributed by atoms with Crippen molar-refractivity contribution in [1.29, 1.82) is 0 Å². The minimum atomic E-state index is -1.03. The zero-order chi connectivity index (χ0) is 10.0. The van der Waals surface area contributed by atoms with Gasteiger partial charge < -0.3 is 10.8 Å². The third kappa shape index (κ3) is 2.02. The van der Waals surface area contributed by atoms with E-state index in [1.54, 1.807) is 0 Å². The maximum atomic E-state index is 13.0. The van der Waals surface area contributed by atoms with Gasteiger partial charge in [-0.25, -0.2) is 8.78 Å². The Kier molecular flexibility index (Phi) is 2.95. The van der Waals surface area contributed by atoms with Crippen molar-refractivity contribution in [1.82, 2.24) is 0 Å². The highest BCUT2D eigenvalue weighted by Gasteiger charge is 2.19. The summed E-state index contributed by atoms with van der Waals surface area (Å²) in [4.78, 5) is 0. The standard InChI is InChI=1S/C9H11F2NO/c1-5(13)9(12)8-6(10)3-2-4-7(8)11/h2-5,9,13H,12H2,1H3/t5-,9+/m0/s1. The Balaban J connectivity index is 3.12. The summed E-state index contributed by atoms with van der Waals surface area (Å²) in [6, 6.07) is 2.45. The molecule has 0 fully saturated rings. The predicted molar refractivity (Wildman–Crippen MR) is 45.0 cm³/mol. The van der Waals surface area contributed by atoms with Gasteiger partial charge in [-0.3, -0.25) is 0 Å². The zero-order valence-electron chi connectivity index (χ0n) is 7.17. The molecule has 1 aromatic rings. The van der Waals surface area contributed by atoms with Crippen LogP contribution in [0.5, 0.6) is 0 Å². The predicted octanol–water partition coefficient (Wildman–Crippen LogP) is 1.35. The fourth-order valence-electron chi connectivity index (χ4n) is 1.07. The molecule has 4 heteroatoms. The van der Waals surface area contributed by atoms with E-state index < -0.39 is 23.8 Å². The summed E-state index contributed by atoms with van der Waals surface area (Å²) < 4.78 is 26.1. The number of aliphatic hydroxyl groups is 1. The molecule has 3 N–H and O–H groups in total.